The van der Waals surface area contributed by atoms with E-state index in [-0.39, 0.29) is 0 Å². The molecule has 0 aliphatic rings. The van der Waals surface area contributed by atoms with E-state index in [0.29, 0.717) is 6.04 Å². The van der Waals surface area contributed by atoms with Crippen LogP contribution in [0.4, 0.5) is 0 Å². The van der Waals surface area contributed by atoms with E-state index in [2.05, 4.69) is 30.3 Å². The third-order valence-corrected chi connectivity index (χ3v) is 2.76. The number of hydrogen-bond donors (Lipinski definition) is 1. The van der Waals surface area contributed by atoms with E-state index in [4.69, 9.17) is 0 Å². The summed E-state index contributed by atoms with van der Waals surface area (Å²) in [5, 5.41) is 7.75. The minimum absolute atomic E-state index is 0.467. The zero-order valence-corrected chi connectivity index (χ0v) is 10.2. The lowest BCUT2D eigenvalue weighted by molar-refractivity contribution is 0.458. The molecule has 0 aliphatic carbocycles. The first kappa shape index (κ1) is 12.2. The monoisotopic (exact) mass is 209 g/mol. The Morgan fingerprint density at radius 2 is 2.20 bits per heavy atom. The summed E-state index contributed by atoms with van der Waals surface area (Å²) in [4.78, 5) is 0. The van der Waals surface area contributed by atoms with Crippen molar-refractivity contribution >= 4 is 0 Å². The summed E-state index contributed by atoms with van der Waals surface area (Å²) < 4.78 is 1.97. The van der Waals surface area contributed by atoms with Gasteiger partial charge in [-0.2, -0.15) is 5.10 Å². The first-order valence-electron chi connectivity index (χ1n) is 6.00. The lowest BCUT2D eigenvalue weighted by Gasteiger charge is -2.17. The zero-order valence-electron chi connectivity index (χ0n) is 10.2. The van der Waals surface area contributed by atoms with Gasteiger partial charge in [-0.1, -0.05) is 33.1 Å². The third-order valence-electron chi connectivity index (χ3n) is 2.76. The minimum atomic E-state index is 0.467. The normalized spacial score (nSPS) is 13.0. The van der Waals surface area contributed by atoms with Crippen LogP contribution in [0.1, 0.15) is 51.3 Å². The summed E-state index contributed by atoms with van der Waals surface area (Å²) in [5.41, 5.74) is 1.30. The highest BCUT2D eigenvalue weighted by molar-refractivity contribution is 5.06. The topological polar surface area (TPSA) is 29.9 Å². The van der Waals surface area contributed by atoms with Gasteiger partial charge in [-0.3, -0.25) is 4.68 Å². The minimum Gasteiger partial charge on any atom is -0.309 e. The number of aromatic nitrogens is 2. The molecule has 1 N–H and O–H groups in total. The van der Waals surface area contributed by atoms with E-state index in [1.807, 2.05) is 17.9 Å². The second-order valence-corrected chi connectivity index (χ2v) is 3.99. The fourth-order valence-corrected chi connectivity index (χ4v) is 1.93. The van der Waals surface area contributed by atoms with Gasteiger partial charge in [-0.05, 0) is 19.0 Å². The molecule has 0 amide bonds. The molecule has 1 aromatic heterocycles. The summed E-state index contributed by atoms with van der Waals surface area (Å²) in [7, 11) is 2.01. The summed E-state index contributed by atoms with van der Waals surface area (Å²) in [5.74, 6) is 0. The molecule has 1 atom stereocenters. The predicted molar refractivity (Wildman–Crippen MR) is 63.8 cm³/mol. The predicted octanol–water partition coefficient (Wildman–Crippen LogP) is 2.65. The molecule has 0 aromatic carbocycles. The van der Waals surface area contributed by atoms with Crippen LogP contribution >= 0.6 is 0 Å². The Labute approximate surface area is 92.9 Å². The molecule has 0 spiro atoms. The van der Waals surface area contributed by atoms with Crippen LogP contribution in [0.15, 0.2) is 12.3 Å². The molecular weight excluding hydrogens is 186 g/mol. The van der Waals surface area contributed by atoms with Gasteiger partial charge in [0.25, 0.3) is 0 Å². The van der Waals surface area contributed by atoms with Gasteiger partial charge in [0.15, 0.2) is 0 Å². The van der Waals surface area contributed by atoms with E-state index in [9.17, 15) is 0 Å². The molecule has 1 unspecified atom stereocenters. The van der Waals surface area contributed by atoms with E-state index in [1.165, 1.54) is 31.4 Å². The summed E-state index contributed by atoms with van der Waals surface area (Å²) in [6, 6.07) is 2.58. The Morgan fingerprint density at radius 3 is 2.73 bits per heavy atom. The highest BCUT2D eigenvalue weighted by Gasteiger charge is 2.12. The fraction of sp³-hybridized carbons (Fsp3) is 0.750. The Hall–Kier alpha value is -0.830. The Morgan fingerprint density at radius 1 is 1.40 bits per heavy atom. The van der Waals surface area contributed by atoms with E-state index < -0.39 is 0 Å². The van der Waals surface area contributed by atoms with Crippen LogP contribution in [0, 0.1) is 0 Å². The van der Waals surface area contributed by atoms with Gasteiger partial charge in [0.2, 0.25) is 0 Å². The van der Waals surface area contributed by atoms with Gasteiger partial charge >= 0.3 is 0 Å². The lowest BCUT2D eigenvalue weighted by atomic mass is 10.1. The Kier molecular flexibility index (Phi) is 5.40. The highest BCUT2D eigenvalue weighted by atomic mass is 15.3. The Balaban J connectivity index is 2.53. The average Bonchev–Trinajstić information content (AvgIpc) is 2.64. The smallest absolute Gasteiger partial charge is 0.0550 e. The van der Waals surface area contributed by atoms with Gasteiger partial charge in [0.1, 0.15) is 0 Å². The molecule has 15 heavy (non-hydrogen) atoms. The number of hydrogen-bond acceptors (Lipinski definition) is 2. The number of nitrogens with one attached hydrogen (secondary N) is 1. The molecule has 0 saturated heterocycles. The molecule has 86 valence electrons. The summed E-state index contributed by atoms with van der Waals surface area (Å²) >= 11 is 0. The molecule has 1 heterocycles. The molecule has 3 nitrogen and oxygen atoms in total. The fourth-order valence-electron chi connectivity index (χ4n) is 1.93. The van der Waals surface area contributed by atoms with E-state index >= 15 is 0 Å². The maximum Gasteiger partial charge on any atom is 0.0550 e. The third kappa shape index (κ3) is 3.67. The van der Waals surface area contributed by atoms with E-state index in [0.717, 1.165) is 6.54 Å². The number of unbranched alkanes of at least 4 members (excludes halogenated alkanes) is 2. The van der Waals surface area contributed by atoms with Crippen molar-refractivity contribution in [2.75, 3.05) is 6.54 Å². The molecule has 0 radical (unpaired) electrons. The maximum absolute atomic E-state index is 4.22. The van der Waals surface area contributed by atoms with Crippen molar-refractivity contribution in [1.82, 2.24) is 15.1 Å². The Bertz CT molecular complexity index is 268. The van der Waals surface area contributed by atoms with Crippen molar-refractivity contribution in [2.45, 2.75) is 45.6 Å². The van der Waals surface area contributed by atoms with Crippen LogP contribution in [0.3, 0.4) is 0 Å². The maximum atomic E-state index is 4.22. The van der Waals surface area contributed by atoms with Gasteiger partial charge < -0.3 is 5.32 Å². The van der Waals surface area contributed by atoms with Crippen LogP contribution < -0.4 is 5.32 Å². The van der Waals surface area contributed by atoms with Crippen molar-refractivity contribution in [3.8, 4) is 0 Å². The number of nitrogens with zero attached hydrogens (tertiary/aromatic N) is 2. The second-order valence-electron chi connectivity index (χ2n) is 3.99. The van der Waals surface area contributed by atoms with Gasteiger partial charge in [-0.15, -0.1) is 0 Å². The first-order valence-corrected chi connectivity index (χ1v) is 6.00. The van der Waals surface area contributed by atoms with Crippen LogP contribution in [0.2, 0.25) is 0 Å². The SMILES string of the molecule is CCCCCC(NCC)c1ccnn1C. The van der Waals surface area contributed by atoms with Crippen molar-refractivity contribution in [2.24, 2.45) is 7.05 Å². The first-order chi connectivity index (χ1) is 7.29. The van der Waals surface area contributed by atoms with E-state index in [1.54, 1.807) is 0 Å². The summed E-state index contributed by atoms with van der Waals surface area (Å²) in [6.45, 7) is 5.41. The molecular formula is C12H23N3. The van der Waals surface area contributed by atoms with Crippen LogP contribution in [-0.4, -0.2) is 16.3 Å². The quantitative estimate of drug-likeness (QED) is 0.700. The van der Waals surface area contributed by atoms with Crippen molar-refractivity contribution in [3.63, 3.8) is 0 Å². The van der Waals surface area contributed by atoms with Crippen LogP contribution in [0.5, 0.6) is 0 Å². The highest BCUT2D eigenvalue weighted by Crippen LogP contribution is 2.18. The lowest BCUT2D eigenvalue weighted by Crippen LogP contribution is -2.23. The zero-order chi connectivity index (χ0) is 11.1. The second kappa shape index (κ2) is 6.62. The molecule has 0 aliphatic heterocycles. The molecule has 1 aromatic rings. The van der Waals surface area contributed by atoms with Gasteiger partial charge in [0.05, 0.1) is 5.69 Å². The van der Waals surface area contributed by atoms with Gasteiger partial charge in [-0.25, -0.2) is 0 Å². The summed E-state index contributed by atoms with van der Waals surface area (Å²) in [6.07, 6.45) is 6.98. The molecule has 3 heteroatoms. The molecule has 1 rings (SSSR count). The van der Waals surface area contributed by atoms with Crippen molar-refractivity contribution < 1.29 is 0 Å². The van der Waals surface area contributed by atoms with Crippen LogP contribution in [0.25, 0.3) is 0 Å². The van der Waals surface area contributed by atoms with Gasteiger partial charge in [0, 0.05) is 19.3 Å². The molecule has 0 fully saturated rings. The molecule has 0 saturated carbocycles. The molecule has 0 bridgehead atoms. The number of aryl methyl sites for hydroxylation is 1. The number of rotatable bonds is 7. The standard InChI is InChI=1S/C12H23N3/c1-4-6-7-8-11(13-5-2)12-9-10-14-15(12)3/h9-11,13H,4-8H2,1-3H3. The van der Waals surface area contributed by atoms with Crippen molar-refractivity contribution in [3.05, 3.63) is 18.0 Å². The largest absolute Gasteiger partial charge is 0.309 e. The average molecular weight is 209 g/mol. The van der Waals surface area contributed by atoms with Crippen molar-refractivity contribution in [1.29, 1.82) is 0 Å². The van der Waals surface area contributed by atoms with Crippen LogP contribution in [-0.2, 0) is 7.05 Å².